The average Bonchev–Trinajstić information content (AvgIpc) is 2.59. The highest BCUT2D eigenvalue weighted by Crippen LogP contribution is 2.32. The van der Waals surface area contributed by atoms with Crippen molar-refractivity contribution in [3.05, 3.63) is 53.9 Å². The maximum Gasteiger partial charge on any atom is 0.331 e. The lowest BCUT2D eigenvalue weighted by molar-refractivity contribution is -0.133. The Morgan fingerprint density at radius 1 is 1.28 bits per heavy atom. The Bertz CT molecular complexity index is 777. The molecule has 6 heteroatoms. The summed E-state index contributed by atoms with van der Waals surface area (Å²) in [5.74, 6) is 0.143. The minimum absolute atomic E-state index is 0.0321. The van der Waals surface area contributed by atoms with Gasteiger partial charge in [-0.1, -0.05) is 6.07 Å². The zero-order valence-corrected chi connectivity index (χ0v) is 14.4. The number of aryl methyl sites for hydroxylation is 1. The van der Waals surface area contributed by atoms with Crippen LogP contribution in [0.1, 0.15) is 11.1 Å². The van der Waals surface area contributed by atoms with Gasteiger partial charge in [0.05, 0.1) is 12.2 Å². The van der Waals surface area contributed by atoms with E-state index in [9.17, 15) is 9.59 Å². The van der Waals surface area contributed by atoms with Gasteiger partial charge in [0.15, 0.2) is 5.75 Å². The molecule has 25 heavy (non-hydrogen) atoms. The van der Waals surface area contributed by atoms with Gasteiger partial charge >= 0.3 is 5.97 Å². The smallest absolute Gasteiger partial charge is 0.331 e. The van der Waals surface area contributed by atoms with Gasteiger partial charge in [0.1, 0.15) is 6.54 Å². The minimum Gasteiger partial charge on any atom is -0.423 e. The van der Waals surface area contributed by atoms with Crippen molar-refractivity contribution in [3.8, 4) is 5.75 Å². The van der Waals surface area contributed by atoms with Crippen molar-refractivity contribution >= 4 is 17.6 Å². The lowest BCUT2D eigenvalue weighted by Gasteiger charge is -2.31. The number of pyridine rings is 1. The Balaban J connectivity index is 1.63. The van der Waals surface area contributed by atoms with E-state index in [0.717, 1.165) is 23.2 Å². The van der Waals surface area contributed by atoms with Gasteiger partial charge in [-0.25, -0.2) is 4.79 Å². The van der Waals surface area contributed by atoms with Gasteiger partial charge in [0.2, 0.25) is 5.91 Å². The molecule has 0 spiro atoms. The summed E-state index contributed by atoms with van der Waals surface area (Å²) in [7, 11) is 1.78. The lowest BCUT2D eigenvalue weighted by Crippen LogP contribution is -2.44. The van der Waals surface area contributed by atoms with Crippen molar-refractivity contribution in [3.63, 3.8) is 0 Å². The van der Waals surface area contributed by atoms with E-state index in [0.29, 0.717) is 12.3 Å². The molecule has 2 aromatic rings. The molecule has 0 saturated heterocycles. The summed E-state index contributed by atoms with van der Waals surface area (Å²) in [4.78, 5) is 31.8. The normalized spacial score (nSPS) is 13.2. The van der Waals surface area contributed by atoms with E-state index >= 15 is 0 Å². The third kappa shape index (κ3) is 4.15. The van der Waals surface area contributed by atoms with Gasteiger partial charge in [0, 0.05) is 26.0 Å². The standard InChI is InChI=1S/C19H21N3O3/c1-14-3-4-16-17(11-14)25-19(24)13-22(16)12-18(23)21(2)10-7-15-5-8-20-9-6-15/h3-6,8-9,11H,7,10,12-13H2,1-2H3. The third-order valence-corrected chi connectivity index (χ3v) is 4.24. The Kier molecular flexibility index (Phi) is 4.97. The van der Waals surface area contributed by atoms with E-state index in [1.165, 1.54) is 0 Å². The molecular weight excluding hydrogens is 318 g/mol. The van der Waals surface area contributed by atoms with E-state index in [4.69, 9.17) is 4.74 Å². The molecule has 130 valence electrons. The number of likely N-dealkylation sites (N-methyl/N-ethyl adjacent to an activating group) is 1. The molecule has 1 amide bonds. The first kappa shape index (κ1) is 17.0. The number of fused-ring (bicyclic) bond motifs is 1. The molecule has 1 aliphatic rings. The molecule has 0 radical (unpaired) electrons. The van der Waals surface area contributed by atoms with E-state index < -0.39 is 0 Å². The van der Waals surface area contributed by atoms with E-state index in [1.807, 2.05) is 37.3 Å². The van der Waals surface area contributed by atoms with Gasteiger partial charge in [-0.15, -0.1) is 0 Å². The Labute approximate surface area is 147 Å². The van der Waals surface area contributed by atoms with Crippen LogP contribution < -0.4 is 9.64 Å². The molecule has 0 bridgehead atoms. The molecule has 0 atom stereocenters. The summed E-state index contributed by atoms with van der Waals surface area (Å²) in [5, 5.41) is 0. The van der Waals surface area contributed by atoms with Gasteiger partial charge in [0.25, 0.3) is 0 Å². The van der Waals surface area contributed by atoms with Crippen LogP contribution in [0.5, 0.6) is 5.75 Å². The number of carbonyl (C=O) groups is 2. The van der Waals surface area contributed by atoms with Crippen LogP contribution in [-0.4, -0.2) is 48.4 Å². The number of benzene rings is 1. The number of hydrogen-bond acceptors (Lipinski definition) is 5. The minimum atomic E-state index is -0.342. The second-order valence-corrected chi connectivity index (χ2v) is 6.22. The van der Waals surface area contributed by atoms with Crippen LogP contribution in [-0.2, 0) is 16.0 Å². The number of rotatable bonds is 5. The summed E-state index contributed by atoms with van der Waals surface area (Å²) in [6.45, 7) is 2.78. The van der Waals surface area contributed by atoms with Crippen molar-refractivity contribution < 1.29 is 14.3 Å². The molecule has 2 heterocycles. The van der Waals surface area contributed by atoms with E-state index in [2.05, 4.69) is 4.98 Å². The number of amides is 1. The fourth-order valence-electron chi connectivity index (χ4n) is 2.76. The van der Waals surface area contributed by atoms with Gasteiger partial charge in [-0.2, -0.15) is 0 Å². The first-order valence-corrected chi connectivity index (χ1v) is 8.22. The summed E-state index contributed by atoms with van der Waals surface area (Å²) in [6.07, 6.45) is 4.26. The highest BCUT2D eigenvalue weighted by Gasteiger charge is 2.26. The number of anilines is 1. The summed E-state index contributed by atoms with van der Waals surface area (Å²) in [6, 6.07) is 9.54. The van der Waals surface area contributed by atoms with Crippen LogP contribution >= 0.6 is 0 Å². The highest BCUT2D eigenvalue weighted by atomic mass is 16.5. The molecule has 0 unspecified atom stereocenters. The average molecular weight is 339 g/mol. The van der Waals surface area contributed by atoms with Crippen molar-refractivity contribution in [2.45, 2.75) is 13.3 Å². The molecule has 0 aliphatic carbocycles. The number of hydrogen-bond donors (Lipinski definition) is 0. The molecule has 1 aromatic carbocycles. The van der Waals surface area contributed by atoms with Crippen molar-refractivity contribution in [2.24, 2.45) is 0 Å². The van der Waals surface area contributed by atoms with Gasteiger partial charge < -0.3 is 14.5 Å². The third-order valence-electron chi connectivity index (χ3n) is 4.24. The second kappa shape index (κ2) is 7.34. The summed E-state index contributed by atoms with van der Waals surface area (Å²) in [5.41, 5.74) is 2.92. The zero-order valence-electron chi connectivity index (χ0n) is 14.4. The number of aromatic nitrogens is 1. The first-order chi connectivity index (χ1) is 12.0. The Morgan fingerprint density at radius 3 is 2.80 bits per heavy atom. The monoisotopic (exact) mass is 339 g/mol. The van der Waals surface area contributed by atoms with Crippen LogP contribution in [0.4, 0.5) is 5.69 Å². The number of ether oxygens (including phenoxy) is 1. The highest BCUT2D eigenvalue weighted by molar-refractivity contribution is 5.89. The first-order valence-electron chi connectivity index (χ1n) is 8.22. The molecule has 1 aliphatic heterocycles. The fourth-order valence-corrected chi connectivity index (χ4v) is 2.76. The Hall–Kier alpha value is -2.89. The quantitative estimate of drug-likeness (QED) is 0.614. The summed E-state index contributed by atoms with van der Waals surface area (Å²) < 4.78 is 5.28. The summed E-state index contributed by atoms with van der Waals surface area (Å²) >= 11 is 0. The van der Waals surface area contributed by atoms with E-state index in [1.54, 1.807) is 29.2 Å². The van der Waals surface area contributed by atoms with Crippen LogP contribution in [0.15, 0.2) is 42.7 Å². The molecule has 0 saturated carbocycles. The lowest BCUT2D eigenvalue weighted by atomic mass is 10.1. The van der Waals surface area contributed by atoms with Crippen LogP contribution in [0.2, 0.25) is 0 Å². The predicted molar refractivity (Wildman–Crippen MR) is 94.6 cm³/mol. The van der Waals surface area contributed by atoms with E-state index in [-0.39, 0.29) is 25.0 Å². The molecule has 0 N–H and O–H groups in total. The second-order valence-electron chi connectivity index (χ2n) is 6.22. The SMILES string of the molecule is Cc1ccc2c(c1)OC(=O)CN2CC(=O)N(C)CCc1ccncc1. The fraction of sp³-hybridized carbons (Fsp3) is 0.316. The number of nitrogens with zero attached hydrogens (tertiary/aromatic N) is 3. The largest absolute Gasteiger partial charge is 0.423 e. The van der Waals surface area contributed by atoms with Crippen molar-refractivity contribution in [1.29, 1.82) is 0 Å². The maximum atomic E-state index is 12.5. The predicted octanol–water partition coefficient (Wildman–Crippen LogP) is 1.82. The van der Waals surface area contributed by atoms with Gasteiger partial charge in [-0.05, 0) is 48.7 Å². The zero-order chi connectivity index (χ0) is 17.8. The maximum absolute atomic E-state index is 12.5. The molecule has 3 rings (SSSR count). The molecule has 6 nitrogen and oxygen atoms in total. The number of esters is 1. The van der Waals surface area contributed by atoms with Crippen LogP contribution in [0.3, 0.4) is 0 Å². The van der Waals surface area contributed by atoms with Crippen molar-refractivity contribution in [2.75, 3.05) is 31.6 Å². The van der Waals surface area contributed by atoms with Crippen LogP contribution in [0, 0.1) is 6.92 Å². The molecule has 1 aromatic heterocycles. The Morgan fingerprint density at radius 2 is 2.04 bits per heavy atom. The van der Waals surface area contributed by atoms with Crippen LogP contribution in [0.25, 0.3) is 0 Å². The molecular formula is C19H21N3O3. The van der Waals surface area contributed by atoms with Gasteiger partial charge in [-0.3, -0.25) is 9.78 Å². The molecule has 0 fully saturated rings. The van der Waals surface area contributed by atoms with Crippen molar-refractivity contribution in [1.82, 2.24) is 9.88 Å². The number of carbonyl (C=O) groups excluding carboxylic acids is 2. The topological polar surface area (TPSA) is 62.7 Å².